The van der Waals surface area contributed by atoms with Gasteiger partial charge in [-0.05, 0) is 151 Å². The van der Waals surface area contributed by atoms with Gasteiger partial charge in [0.2, 0.25) is 70.9 Å². The van der Waals surface area contributed by atoms with Gasteiger partial charge in [0.25, 0.3) is 0 Å². The van der Waals surface area contributed by atoms with Gasteiger partial charge in [0.1, 0.15) is 103 Å². The molecule has 9 rings (SSSR count). The number of ether oxygens (including phenoxy) is 2. The van der Waals surface area contributed by atoms with E-state index in [-0.39, 0.29) is 82.1 Å². The molecule has 7 aliphatic heterocycles. The SMILES string of the molecule is CCCC(=O)N[C@@H](Cc1cc(C)cc(F)c1)C(=O)N[C@H]1COC(=O)[C@@H]2C[C@@H](C)CN2C(=O)[C@H](C)NC(=O)[C@@H]2CCCCN2C(=O)[C@@H]2CCCN2C1=O.CCCC(=O)N[C@@H](Cc1cc(F)cc(F)c1)C(=O)N[C@H]1COC(=O)[C@@H]2C[C@@H](C)CN2C(=O)[C@H](C)NC(=O)[C@H](C)N(C)C(=O)[C@@H]2CCCN2C1=O. The maximum absolute atomic E-state index is 14.4. The van der Waals surface area contributed by atoms with Gasteiger partial charge in [-0.2, -0.15) is 0 Å². The summed E-state index contributed by atoms with van der Waals surface area (Å²) in [6.07, 6.45) is 4.55. The van der Waals surface area contributed by atoms with Crippen LogP contribution in [-0.2, 0) is 89.4 Å². The van der Waals surface area contributed by atoms with Crippen molar-refractivity contribution in [1.29, 1.82) is 0 Å². The number of halogens is 3. The Balaban J connectivity index is 0.000000259. The average Bonchev–Trinajstić information content (AvgIpc) is 1.56. The minimum absolute atomic E-state index is 0.0520. The van der Waals surface area contributed by atoms with Crippen molar-refractivity contribution in [2.75, 3.05) is 53.0 Å². The standard InChI is InChI=1S/C37H51FN6O8.C34H46F2N6O8/c1-5-9-31(45)40-26(18-24-14-21(2)15-25(38)17-24)32(46)41-27-20-52-37(51)30-16-22(3)19-44(30)34(48)23(4)39-33(47)28-10-6-7-12-42(28)36(50)29-11-8-13-43(29)35(27)49;1-6-8-28(43)38-24(14-21-12-22(35)15-23(36)13-21)30(45)39-25-17-50-34(49)27-11-18(2)16-42(27)31(46)19(3)37-29(44)20(4)40(5)33(48)26-9-7-10-41(26)32(25)47/h14-15,17,22-23,26-30H,5-13,16,18-20H2,1-4H3,(H,39,47)(H,40,45)(H,41,46);12-13,15,18-20,24-27H,6-11,14,16-17H2,1-5H3,(H,37,44)(H,38,43)(H,39,45)/t22-,23+,26+,27+,28+,29+,30+;18-,19+,20+,24+,25+,26+,27+/m11/s1. The molecule has 2 aromatic rings. The Morgan fingerprint density at radius 2 is 0.912 bits per heavy atom. The Labute approximate surface area is 591 Å². The third-order valence-electron chi connectivity index (χ3n) is 19.8. The second-order valence-electron chi connectivity index (χ2n) is 28.1. The molecule has 7 heterocycles. The largest absolute Gasteiger partial charge is 0.461 e. The van der Waals surface area contributed by atoms with E-state index in [0.29, 0.717) is 81.5 Å². The zero-order valence-corrected chi connectivity index (χ0v) is 59.5. The van der Waals surface area contributed by atoms with Crippen molar-refractivity contribution < 1.29 is 89.8 Å². The van der Waals surface area contributed by atoms with Crippen LogP contribution in [0.2, 0.25) is 0 Å². The predicted molar refractivity (Wildman–Crippen MR) is 359 cm³/mol. The Kier molecular flexibility index (Phi) is 27.0. The number of fused-ring (bicyclic) bond motifs is 5. The van der Waals surface area contributed by atoms with E-state index < -0.39 is 186 Å². The first-order chi connectivity index (χ1) is 48.4. The number of nitrogens with one attached hydrogen (secondary N) is 6. The number of benzene rings is 2. The van der Waals surface area contributed by atoms with Crippen LogP contribution < -0.4 is 31.9 Å². The molecule has 31 heteroatoms. The molecule has 102 heavy (non-hydrogen) atoms. The van der Waals surface area contributed by atoms with Gasteiger partial charge >= 0.3 is 11.9 Å². The van der Waals surface area contributed by atoms with Gasteiger partial charge in [-0.15, -0.1) is 0 Å². The number of cyclic esters (lactones) is 2. The molecule has 0 aliphatic carbocycles. The van der Waals surface area contributed by atoms with Crippen molar-refractivity contribution in [2.24, 2.45) is 11.8 Å². The molecular weight excluding hydrogens is 1330 g/mol. The summed E-state index contributed by atoms with van der Waals surface area (Å²) in [4.78, 5) is 198. The summed E-state index contributed by atoms with van der Waals surface area (Å²) < 4.78 is 53.7. The maximum atomic E-state index is 14.4. The first kappa shape index (κ1) is 78.5. The van der Waals surface area contributed by atoms with E-state index in [9.17, 15) is 80.3 Å². The summed E-state index contributed by atoms with van der Waals surface area (Å²) in [7, 11) is 1.42. The van der Waals surface area contributed by atoms with Gasteiger partial charge in [-0.25, -0.2) is 22.8 Å². The highest BCUT2D eigenvalue weighted by Gasteiger charge is 2.48. The van der Waals surface area contributed by atoms with Crippen molar-refractivity contribution in [3.8, 4) is 0 Å². The number of hydrogen-bond acceptors (Lipinski definition) is 16. The van der Waals surface area contributed by atoms with E-state index >= 15 is 0 Å². The number of aryl methyl sites for hydroxylation is 1. The van der Waals surface area contributed by atoms with Gasteiger partial charge in [0.05, 0.1) is 0 Å². The summed E-state index contributed by atoms with van der Waals surface area (Å²) in [5.74, 6) is -11.0. The van der Waals surface area contributed by atoms with Crippen molar-refractivity contribution in [3.63, 3.8) is 0 Å². The molecule has 0 spiro atoms. The van der Waals surface area contributed by atoms with Gasteiger partial charge in [-0.3, -0.25) is 57.5 Å². The molecule has 28 nitrogen and oxygen atoms in total. The second kappa shape index (κ2) is 35.1. The Bertz CT molecular complexity index is 3490. The average molecular weight is 1430 g/mol. The van der Waals surface area contributed by atoms with Crippen LogP contribution in [0, 0.1) is 36.2 Å². The van der Waals surface area contributed by atoms with Crippen LogP contribution in [0.5, 0.6) is 0 Å². The highest BCUT2D eigenvalue weighted by Crippen LogP contribution is 2.30. The number of rotatable bonds is 14. The molecule has 7 saturated heterocycles. The maximum Gasteiger partial charge on any atom is 0.328 e. The van der Waals surface area contributed by atoms with Crippen LogP contribution in [0.25, 0.3) is 0 Å². The van der Waals surface area contributed by atoms with E-state index in [0.717, 1.165) is 12.1 Å². The van der Waals surface area contributed by atoms with Crippen LogP contribution >= 0.6 is 0 Å². The zero-order valence-electron chi connectivity index (χ0n) is 59.5. The highest BCUT2D eigenvalue weighted by molar-refractivity contribution is 6.00. The number of amides is 12. The predicted octanol–water partition coefficient (Wildman–Crippen LogP) is 1.53. The van der Waals surface area contributed by atoms with Gasteiger partial charge in [-0.1, -0.05) is 33.8 Å². The monoisotopic (exact) mass is 1430 g/mol. The minimum Gasteiger partial charge on any atom is -0.461 e. The van der Waals surface area contributed by atoms with E-state index in [1.54, 1.807) is 26.8 Å². The smallest absolute Gasteiger partial charge is 0.328 e. The molecule has 7 aliphatic rings. The molecule has 12 amide bonds. The molecule has 0 saturated carbocycles. The third kappa shape index (κ3) is 19.5. The summed E-state index contributed by atoms with van der Waals surface area (Å²) in [6.45, 7) is 13.3. The number of carbonyl (C=O) groups is 14. The molecular formula is C71H97F3N12O16. The molecule has 6 N–H and O–H groups in total. The van der Waals surface area contributed by atoms with Crippen molar-refractivity contribution in [3.05, 3.63) is 70.5 Å². The lowest BCUT2D eigenvalue weighted by atomic mass is 9.99. The van der Waals surface area contributed by atoms with E-state index in [1.807, 2.05) is 20.8 Å². The van der Waals surface area contributed by atoms with Crippen LogP contribution in [-0.4, -0.2) is 238 Å². The highest BCUT2D eigenvalue weighted by atomic mass is 19.1. The van der Waals surface area contributed by atoms with Crippen molar-refractivity contribution in [2.45, 2.75) is 224 Å². The van der Waals surface area contributed by atoms with Crippen LogP contribution in [0.1, 0.15) is 149 Å². The number of esters is 2. The molecule has 0 aromatic heterocycles. The molecule has 558 valence electrons. The lowest BCUT2D eigenvalue weighted by Crippen LogP contribution is -2.62. The molecule has 14 atom stereocenters. The van der Waals surface area contributed by atoms with Crippen molar-refractivity contribution >= 4 is 82.8 Å². The normalized spacial score (nSPS) is 27.7. The number of nitrogens with zero attached hydrogens (tertiary/aromatic N) is 6. The lowest BCUT2D eigenvalue weighted by Gasteiger charge is -2.39. The zero-order chi connectivity index (χ0) is 74.5. The summed E-state index contributed by atoms with van der Waals surface area (Å²) in [5.41, 5.74) is 1.13. The number of likely N-dealkylation sites (N-methyl/N-ethyl adjacent to an activating group) is 1. The quantitative estimate of drug-likeness (QED) is 0.146. The van der Waals surface area contributed by atoms with Crippen LogP contribution in [0.3, 0.4) is 0 Å². The van der Waals surface area contributed by atoms with Gasteiger partial charge < -0.3 is 70.8 Å². The minimum atomic E-state index is -1.55. The third-order valence-corrected chi connectivity index (χ3v) is 19.8. The molecule has 0 radical (unpaired) electrons. The fourth-order valence-corrected chi connectivity index (χ4v) is 14.5. The number of piperidine rings is 1. The summed E-state index contributed by atoms with van der Waals surface area (Å²) in [5, 5.41) is 15.9. The summed E-state index contributed by atoms with van der Waals surface area (Å²) in [6, 6.07) is -6.39. The molecule has 0 unspecified atom stereocenters. The van der Waals surface area contributed by atoms with Gasteiger partial charge in [0.15, 0.2) is 0 Å². The van der Waals surface area contributed by atoms with Gasteiger partial charge in [0, 0.05) is 71.5 Å². The Hall–Kier alpha value is -9.19. The Morgan fingerprint density at radius 3 is 1.37 bits per heavy atom. The first-order valence-corrected chi connectivity index (χ1v) is 35.5. The topological polar surface area (TPSA) is 349 Å². The fourth-order valence-electron chi connectivity index (χ4n) is 14.5. The number of carbonyl (C=O) groups excluding carboxylic acids is 14. The van der Waals surface area contributed by atoms with Crippen molar-refractivity contribution in [1.82, 2.24) is 61.3 Å². The first-order valence-electron chi connectivity index (χ1n) is 35.5. The second-order valence-corrected chi connectivity index (χ2v) is 28.1. The summed E-state index contributed by atoms with van der Waals surface area (Å²) >= 11 is 0. The number of hydrogen-bond donors (Lipinski definition) is 6. The molecule has 2 aromatic carbocycles. The van der Waals surface area contributed by atoms with Crippen LogP contribution in [0.4, 0.5) is 13.2 Å². The van der Waals surface area contributed by atoms with E-state index in [1.165, 1.54) is 62.4 Å². The molecule has 7 fully saturated rings. The molecule has 0 bridgehead atoms. The Morgan fingerprint density at radius 1 is 0.500 bits per heavy atom. The van der Waals surface area contributed by atoms with Crippen LogP contribution in [0.15, 0.2) is 36.4 Å². The van der Waals surface area contributed by atoms with E-state index in [2.05, 4.69) is 31.9 Å². The fraction of sp³-hybridized carbons (Fsp3) is 0.634. The van der Waals surface area contributed by atoms with E-state index in [4.69, 9.17) is 9.47 Å². The lowest BCUT2D eigenvalue weighted by molar-refractivity contribution is -0.158.